The highest BCUT2D eigenvalue weighted by molar-refractivity contribution is 5.42. The topological polar surface area (TPSA) is 41.1 Å². The lowest BCUT2D eigenvalue weighted by Crippen LogP contribution is -2.31. The van der Waals surface area contributed by atoms with Crippen LogP contribution in [0.25, 0.3) is 0 Å². The van der Waals surface area contributed by atoms with E-state index in [1.807, 2.05) is 12.4 Å². The number of fused-ring (bicyclic) bond motifs is 1. The first-order valence-corrected chi connectivity index (χ1v) is 7.20. The van der Waals surface area contributed by atoms with Crippen molar-refractivity contribution in [2.75, 3.05) is 18.0 Å². The largest absolute Gasteiger partial charge is 0.351 e. The minimum atomic E-state index is 0.784. The zero-order valence-corrected chi connectivity index (χ0v) is 11.8. The molecule has 104 valence electrons. The van der Waals surface area contributed by atoms with Crippen LogP contribution in [0.2, 0.25) is 0 Å². The lowest BCUT2D eigenvalue weighted by atomic mass is 10.0. The van der Waals surface area contributed by atoms with Gasteiger partial charge in [-0.05, 0) is 24.1 Å². The Balaban J connectivity index is 1.71. The molecule has 4 heteroatoms. The van der Waals surface area contributed by atoms with Crippen LogP contribution < -0.4 is 10.2 Å². The average Bonchev–Trinajstić information content (AvgIpc) is 2.53. The van der Waals surface area contributed by atoms with Gasteiger partial charge in [0.25, 0.3) is 0 Å². The number of nitrogens with zero attached hydrogens (tertiary/aromatic N) is 3. The number of benzene rings is 1. The van der Waals surface area contributed by atoms with Gasteiger partial charge < -0.3 is 10.2 Å². The molecule has 1 N–H and O–H groups in total. The van der Waals surface area contributed by atoms with Gasteiger partial charge in [-0.2, -0.15) is 0 Å². The summed E-state index contributed by atoms with van der Waals surface area (Å²) >= 11 is 0. The van der Waals surface area contributed by atoms with Crippen molar-refractivity contribution in [3.8, 4) is 0 Å². The Morgan fingerprint density at radius 3 is 2.75 bits per heavy atom. The van der Waals surface area contributed by atoms with E-state index >= 15 is 0 Å². The van der Waals surface area contributed by atoms with Crippen LogP contribution in [0.15, 0.2) is 36.7 Å². The molecule has 0 saturated heterocycles. The number of hydrogen-bond acceptors (Lipinski definition) is 4. The molecule has 0 saturated carbocycles. The molecular formula is C16H20N4. The van der Waals surface area contributed by atoms with Crippen LogP contribution >= 0.6 is 0 Å². The van der Waals surface area contributed by atoms with Gasteiger partial charge in [0, 0.05) is 19.6 Å². The van der Waals surface area contributed by atoms with E-state index in [0.29, 0.717) is 0 Å². The summed E-state index contributed by atoms with van der Waals surface area (Å²) in [6.45, 7) is 5.77. The molecule has 0 fully saturated rings. The summed E-state index contributed by atoms with van der Waals surface area (Å²) in [5.74, 6) is 0.972. The van der Waals surface area contributed by atoms with Crippen LogP contribution in [0.1, 0.15) is 23.7 Å². The molecule has 1 aromatic heterocycles. The Labute approximate surface area is 119 Å². The molecule has 2 heterocycles. The Kier molecular flexibility index (Phi) is 3.92. The first-order chi connectivity index (χ1) is 9.86. The third-order valence-electron chi connectivity index (χ3n) is 3.70. The Hall–Kier alpha value is -1.94. The summed E-state index contributed by atoms with van der Waals surface area (Å²) in [5, 5.41) is 3.26. The van der Waals surface area contributed by atoms with Crippen molar-refractivity contribution >= 4 is 5.82 Å². The summed E-state index contributed by atoms with van der Waals surface area (Å²) < 4.78 is 0. The third kappa shape index (κ3) is 2.80. The van der Waals surface area contributed by atoms with E-state index in [9.17, 15) is 0 Å². The first kappa shape index (κ1) is 13.1. The van der Waals surface area contributed by atoms with Gasteiger partial charge in [-0.1, -0.05) is 31.2 Å². The number of hydrogen-bond donors (Lipinski definition) is 1. The second-order valence-corrected chi connectivity index (χ2v) is 5.09. The fraction of sp³-hybridized carbons (Fsp3) is 0.375. The molecule has 3 rings (SSSR count). The van der Waals surface area contributed by atoms with Crippen molar-refractivity contribution in [3.63, 3.8) is 0 Å². The van der Waals surface area contributed by atoms with Crippen LogP contribution in [-0.4, -0.2) is 23.1 Å². The lowest BCUT2D eigenvalue weighted by Gasteiger charge is -2.29. The van der Waals surface area contributed by atoms with Crippen LogP contribution in [0.5, 0.6) is 0 Å². The van der Waals surface area contributed by atoms with E-state index in [0.717, 1.165) is 44.1 Å². The standard InChI is InChI=1S/C16H20N4/c1-2-17-9-15-10-19-16(11-18-15)20-8-7-13-5-3-4-6-14(13)12-20/h3-6,10-11,17H,2,7-9,12H2,1H3. The van der Waals surface area contributed by atoms with Gasteiger partial charge in [0.15, 0.2) is 0 Å². The Morgan fingerprint density at radius 2 is 2.00 bits per heavy atom. The maximum absolute atomic E-state index is 4.55. The summed E-state index contributed by atoms with van der Waals surface area (Å²) in [5.41, 5.74) is 3.85. The second-order valence-electron chi connectivity index (χ2n) is 5.09. The maximum Gasteiger partial charge on any atom is 0.147 e. The number of aromatic nitrogens is 2. The van der Waals surface area contributed by atoms with E-state index in [2.05, 4.69) is 51.4 Å². The molecule has 1 aliphatic rings. The second kappa shape index (κ2) is 6.01. The molecule has 4 nitrogen and oxygen atoms in total. The van der Waals surface area contributed by atoms with Crippen molar-refractivity contribution in [2.24, 2.45) is 0 Å². The average molecular weight is 268 g/mol. The molecule has 0 radical (unpaired) electrons. The van der Waals surface area contributed by atoms with Gasteiger partial charge in [0.2, 0.25) is 0 Å². The van der Waals surface area contributed by atoms with Crippen molar-refractivity contribution in [1.82, 2.24) is 15.3 Å². The van der Waals surface area contributed by atoms with Crippen LogP contribution in [0.3, 0.4) is 0 Å². The van der Waals surface area contributed by atoms with E-state index in [4.69, 9.17) is 0 Å². The van der Waals surface area contributed by atoms with Crippen LogP contribution in [0, 0.1) is 0 Å². The summed E-state index contributed by atoms with van der Waals surface area (Å²) in [6, 6.07) is 8.64. The molecule has 20 heavy (non-hydrogen) atoms. The fourth-order valence-corrected chi connectivity index (χ4v) is 2.55. The van der Waals surface area contributed by atoms with Gasteiger partial charge in [-0.25, -0.2) is 4.98 Å². The number of nitrogens with one attached hydrogen (secondary N) is 1. The van der Waals surface area contributed by atoms with Gasteiger partial charge in [-0.15, -0.1) is 0 Å². The first-order valence-electron chi connectivity index (χ1n) is 7.20. The third-order valence-corrected chi connectivity index (χ3v) is 3.70. The van der Waals surface area contributed by atoms with E-state index in [1.165, 1.54) is 11.1 Å². The molecule has 0 atom stereocenters. The zero-order chi connectivity index (χ0) is 13.8. The number of rotatable bonds is 4. The van der Waals surface area contributed by atoms with Crippen molar-refractivity contribution in [3.05, 3.63) is 53.5 Å². The SMILES string of the molecule is CCNCc1cnc(N2CCc3ccccc3C2)cn1. The molecule has 0 bridgehead atoms. The normalized spacial score (nSPS) is 14.2. The van der Waals surface area contributed by atoms with Gasteiger partial charge in [-0.3, -0.25) is 4.98 Å². The number of anilines is 1. The lowest BCUT2D eigenvalue weighted by molar-refractivity contribution is 0.695. The minimum Gasteiger partial charge on any atom is -0.351 e. The Morgan fingerprint density at radius 1 is 1.15 bits per heavy atom. The van der Waals surface area contributed by atoms with Gasteiger partial charge in [0.1, 0.15) is 5.82 Å². The fourth-order valence-electron chi connectivity index (χ4n) is 2.55. The summed E-state index contributed by atoms with van der Waals surface area (Å²) in [7, 11) is 0. The molecule has 0 unspecified atom stereocenters. The molecule has 0 amide bonds. The highest BCUT2D eigenvalue weighted by Crippen LogP contribution is 2.22. The molecule has 0 spiro atoms. The van der Waals surface area contributed by atoms with Crippen molar-refractivity contribution < 1.29 is 0 Å². The molecular weight excluding hydrogens is 248 g/mol. The van der Waals surface area contributed by atoms with E-state index in [-0.39, 0.29) is 0 Å². The highest BCUT2D eigenvalue weighted by Gasteiger charge is 2.16. The quantitative estimate of drug-likeness (QED) is 0.922. The van der Waals surface area contributed by atoms with E-state index < -0.39 is 0 Å². The molecule has 0 aliphatic carbocycles. The zero-order valence-electron chi connectivity index (χ0n) is 11.8. The predicted octanol–water partition coefficient (Wildman–Crippen LogP) is 2.15. The van der Waals surface area contributed by atoms with Crippen molar-refractivity contribution in [1.29, 1.82) is 0 Å². The highest BCUT2D eigenvalue weighted by atomic mass is 15.2. The smallest absolute Gasteiger partial charge is 0.147 e. The van der Waals surface area contributed by atoms with Crippen LogP contribution in [0.4, 0.5) is 5.82 Å². The predicted molar refractivity (Wildman–Crippen MR) is 80.6 cm³/mol. The summed E-state index contributed by atoms with van der Waals surface area (Å²) in [4.78, 5) is 11.3. The van der Waals surface area contributed by atoms with Crippen LogP contribution in [-0.2, 0) is 19.5 Å². The van der Waals surface area contributed by atoms with E-state index in [1.54, 1.807) is 0 Å². The van der Waals surface area contributed by atoms with Gasteiger partial charge >= 0.3 is 0 Å². The maximum atomic E-state index is 4.55. The van der Waals surface area contributed by atoms with Gasteiger partial charge in [0.05, 0.1) is 18.1 Å². The molecule has 2 aromatic rings. The minimum absolute atomic E-state index is 0.784. The Bertz CT molecular complexity index is 565. The molecule has 1 aromatic carbocycles. The van der Waals surface area contributed by atoms with Crippen molar-refractivity contribution in [2.45, 2.75) is 26.4 Å². The summed E-state index contributed by atoms with van der Waals surface area (Å²) in [6.07, 6.45) is 4.84. The monoisotopic (exact) mass is 268 g/mol. The molecule has 1 aliphatic heterocycles.